The summed E-state index contributed by atoms with van der Waals surface area (Å²) in [4.78, 5) is 36.3. The van der Waals surface area contributed by atoms with E-state index in [-0.39, 0.29) is 34.4 Å². The fourth-order valence-electron chi connectivity index (χ4n) is 2.43. The van der Waals surface area contributed by atoms with Gasteiger partial charge in [-0.15, -0.1) is 0 Å². The number of fused-ring (bicyclic) bond motifs is 1. The van der Waals surface area contributed by atoms with Crippen LogP contribution in [0.2, 0.25) is 5.02 Å². The van der Waals surface area contributed by atoms with Gasteiger partial charge in [-0.05, 0) is 24.3 Å². The van der Waals surface area contributed by atoms with Crippen molar-refractivity contribution in [1.82, 2.24) is 9.78 Å². The summed E-state index contributed by atoms with van der Waals surface area (Å²) in [6, 6.07) is 10.7. The van der Waals surface area contributed by atoms with Crippen LogP contribution in [0.15, 0.2) is 52.1 Å². The summed E-state index contributed by atoms with van der Waals surface area (Å²) in [7, 11) is 0. The Kier molecular flexibility index (Phi) is 4.67. The van der Waals surface area contributed by atoms with Crippen LogP contribution in [-0.4, -0.2) is 15.7 Å². The van der Waals surface area contributed by atoms with Crippen LogP contribution < -0.4 is 16.4 Å². The van der Waals surface area contributed by atoms with Crippen molar-refractivity contribution in [2.75, 3.05) is 5.32 Å². The fourth-order valence-corrected chi connectivity index (χ4v) is 2.60. The normalized spacial score (nSPS) is 10.8. The van der Waals surface area contributed by atoms with Crippen molar-refractivity contribution in [3.8, 4) is 0 Å². The molecule has 1 aromatic heterocycles. The molecule has 0 unspecified atom stereocenters. The van der Waals surface area contributed by atoms with Gasteiger partial charge in [0.15, 0.2) is 5.82 Å². The molecule has 1 heterocycles. The van der Waals surface area contributed by atoms with Crippen molar-refractivity contribution in [3.63, 3.8) is 0 Å². The molecule has 0 aliphatic carbocycles. The van der Waals surface area contributed by atoms with E-state index in [1.807, 2.05) is 0 Å². The van der Waals surface area contributed by atoms with Crippen molar-refractivity contribution in [1.29, 1.82) is 0 Å². The van der Waals surface area contributed by atoms with Gasteiger partial charge in [-0.3, -0.25) is 19.5 Å². The van der Waals surface area contributed by atoms with E-state index in [0.29, 0.717) is 0 Å². The first-order valence-corrected chi connectivity index (χ1v) is 7.81. The van der Waals surface area contributed by atoms with Crippen LogP contribution in [-0.2, 0) is 11.3 Å². The van der Waals surface area contributed by atoms with Gasteiger partial charge < -0.3 is 5.32 Å². The number of carbonyl (C=O) groups is 1. The van der Waals surface area contributed by atoms with Gasteiger partial charge in [0.05, 0.1) is 28.0 Å². The number of nitrogens with one attached hydrogen (secondary N) is 2. The van der Waals surface area contributed by atoms with E-state index in [9.17, 15) is 18.8 Å². The van der Waals surface area contributed by atoms with Gasteiger partial charge in [-0.2, -0.15) is 0 Å². The largest absolute Gasteiger partial charge is 0.323 e. The highest BCUT2D eigenvalue weighted by Gasteiger charge is 2.11. The van der Waals surface area contributed by atoms with Crippen molar-refractivity contribution < 1.29 is 9.18 Å². The van der Waals surface area contributed by atoms with Gasteiger partial charge in [0.25, 0.3) is 11.1 Å². The first-order valence-electron chi connectivity index (χ1n) is 7.43. The number of hydrogen-bond acceptors (Lipinski definition) is 3. The summed E-state index contributed by atoms with van der Waals surface area (Å²) >= 11 is 5.65. The lowest BCUT2D eigenvalue weighted by Gasteiger charge is -2.09. The van der Waals surface area contributed by atoms with Crippen molar-refractivity contribution in [2.45, 2.75) is 13.0 Å². The maximum Gasteiger partial charge on any atom is 0.273 e. The molecule has 0 aliphatic heterocycles. The summed E-state index contributed by atoms with van der Waals surface area (Å²) in [6.07, 6.45) is -0.125. The third-order valence-electron chi connectivity index (χ3n) is 3.67. The Morgan fingerprint density at radius 1 is 1.12 bits per heavy atom. The minimum Gasteiger partial charge on any atom is -0.323 e. The lowest BCUT2D eigenvalue weighted by molar-refractivity contribution is -0.116. The molecule has 6 nitrogen and oxygen atoms in total. The van der Waals surface area contributed by atoms with Crippen LogP contribution in [0, 0.1) is 5.82 Å². The molecule has 0 saturated carbocycles. The molecule has 25 heavy (non-hydrogen) atoms. The summed E-state index contributed by atoms with van der Waals surface area (Å²) in [5.74, 6) is -1.24. The molecule has 0 spiro atoms. The zero-order valence-electron chi connectivity index (χ0n) is 12.9. The van der Waals surface area contributed by atoms with E-state index in [1.165, 1.54) is 18.2 Å². The monoisotopic (exact) mass is 361 g/mol. The van der Waals surface area contributed by atoms with E-state index in [1.54, 1.807) is 24.3 Å². The zero-order chi connectivity index (χ0) is 18.0. The summed E-state index contributed by atoms with van der Waals surface area (Å²) < 4.78 is 14.8. The average Bonchev–Trinajstić information content (AvgIpc) is 2.61. The third-order valence-corrected chi connectivity index (χ3v) is 3.96. The number of aryl methyl sites for hydroxylation is 1. The summed E-state index contributed by atoms with van der Waals surface area (Å²) in [5.41, 5.74) is -0.870. The predicted octanol–water partition coefficient (Wildman–Crippen LogP) is 2.51. The lowest BCUT2D eigenvalue weighted by Crippen LogP contribution is -2.31. The van der Waals surface area contributed by atoms with Gasteiger partial charge in [0.2, 0.25) is 5.91 Å². The van der Waals surface area contributed by atoms with Gasteiger partial charge in [0.1, 0.15) is 0 Å². The quantitative estimate of drug-likeness (QED) is 0.749. The molecule has 1 amide bonds. The Hall–Kier alpha value is -2.93. The minimum atomic E-state index is -0.728. The highest BCUT2D eigenvalue weighted by molar-refractivity contribution is 6.31. The number of amides is 1. The number of halogens is 2. The third kappa shape index (κ3) is 3.46. The van der Waals surface area contributed by atoms with Crippen LogP contribution in [0.25, 0.3) is 10.8 Å². The number of anilines is 1. The second-order valence-corrected chi connectivity index (χ2v) is 5.75. The molecule has 2 N–H and O–H groups in total. The van der Waals surface area contributed by atoms with E-state index in [4.69, 9.17) is 11.6 Å². The number of H-pyrrole nitrogens is 1. The standard InChI is InChI=1S/C17H13ClFN3O3/c18-12-6-3-7-13(15(12)19)20-14(23)8-9-22-17(25)11-5-2-1-4-10(11)16(24)21-22/h1-7H,8-9H2,(H,20,23)(H,21,24). The van der Waals surface area contributed by atoms with E-state index in [2.05, 4.69) is 10.4 Å². The van der Waals surface area contributed by atoms with E-state index >= 15 is 0 Å². The van der Waals surface area contributed by atoms with Crippen LogP contribution in [0.3, 0.4) is 0 Å². The first kappa shape index (κ1) is 16.9. The van der Waals surface area contributed by atoms with Crippen molar-refractivity contribution in [3.05, 3.63) is 74.0 Å². The number of aromatic nitrogens is 2. The van der Waals surface area contributed by atoms with Gasteiger partial charge in [-0.1, -0.05) is 29.8 Å². The van der Waals surface area contributed by atoms with Crippen LogP contribution in [0.4, 0.5) is 10.1 Å². The topological polar surface area (TPSA) is 84.0 Å². The number of hydrogen-bond donors (Lipinski definition) is 2. The number of carbonyl (C=O) groups excluding carboxylic acids is 1. The zero-order valence-corrected chi connectivity index (χ0v) is 13.6. The summed E-state index contributed by atoms with van der Waals surface area (Å²) in [5, 5.41) is 5.27. The first-order chi connectivity index (χ1) is 12.0. The summed E-state index contributed by atoms with van der Waals surface area (Å²) in [6.45, 7) is -0.0487. The molecule has 0 bridgehead atoms. The van der Waals surface area contributed by atoms with Gasteiger partial charge in [0, 0.05) is 6.42 Å². The Morgan fingerprint density at radius 3 is 2.60 bits per heavy atom. The Bertz CT molecular complexity index is 1070. The molecule has 0 radical (unpaired) electrons. The van der Waals surface area contributed by atoms with Crippen LogP contribution in [0.1, 0.15) is 6.42 Å². The second kappa shape index (κ2) is 6.90. The van der Waals surface area contributed by atoms with Gasteiger partial charge in [-0.25, -0.2) is 9.07 Å². The molecule has 128 valence electrons. The molecule has 2 aromatic carbocycles. The molecule has 8 heteroatoms. The number of aromatic amines is 1. The minimum absolute atomic E-state index is 0.0446. The Labute approximate surface area is 145 Å². The van der Waals surface area contributed by atoms with Crippen LogP contribution >= 0.6 is 11.6 Å². The molecule has 0 aliphatic rings. The van der Waals surface area contributed by atoms with Crippen LogP contribution in [0.5, 0.6) is 0 Å². The fraction of sp³-hybridized carbons (Fsp3) is 0.118. The number of rotatable bonds is 4. The number of benzene rings is 2. The lowest BCUT2D eigenvalue weighted by atomic mass is 10.2. The Balaban J connectivity index is 1.78. The average molecular weight is 362 g/mol. The Morgan fingerprint density at radius 2 is 1.84 bits per heavy atom. The molecule has 0 fully saturated rings. The van der Waals surface area contributed by atoms with Crippen molar-refractivity contribution in [2.24, 2.45) is 0 Å². The maximum absolute atomic E-state index is 13.8. The van der Waals surface area contributed by atoms with E-state index < -0.39 is 22.8 Å². The SMILES string of the molecule is O=C(CCn1[nH]c(=O)c2ccccc2c1=O)Nc1cccc(Cl)c1F. The molecular formula is C17H13ClFN3O3. The highest BCUT2D eigenvalue weighted by atomic mass is 35.5. The smallest absolute Gasteiger partial charge is 0.273 e. The van der Waals surface area contributed by atoms with E-state index in [0.717, 1.165) is 4.68 Å². The highest BCUT2D eigenvalue weighted by Crippen LogP contribution is 2.22. The molecular weight excluding hydrogens is 349 g/mol. The number of nitrogens with zero attached hydrogens (tertiary/aromatic N) is 1. The predicted molar refractivity (Wildman–Crippen MR) is 93.5 cm³/mol. The molecule has 0 saturated heterocycles. The maximum atomic E-state index is 13.8. The molecule has 0 atom stereocenters. The molecule has 3 aromatic rings. The van der Waals surface area contributed by atoms with Gasteiger partial charge >= 0.3 is 0 Å². The molecule has 3 rings (SSSR count). The van der Waals surface area contributed by atoms with Crippen molar-refractivity contribution >= 4 is 34.0 Å². The second-order valence-electron chi connectivity index (χ2n) is 5.34.